The van der Waals surface area contributed by atoms with Crippen molar-refractivity contribution in [1.29, 1.82) is 0 Å². The Balaban J connectivity index is 2.17. The van der Waals surface area contributed by atoms with Crippen LogP contribution in [0.25, 0.3) is 0 Å². The molecular formula is C14H18ClF. The van der Waals surface area contributed by atoms with Crippen molar-refractivity contribution in [3.63, 3.8) is 0 Å². The fourth-order valence-electron chi connectivity index (χ4n) is 2.69. The molecule has 2 atom stereocenters. The molecule has 1 fully saturated rings. The zero-order valence-electron chi connectivity index (χ0n) is 9.89. The lowest BCUT2D eigenvalue weighted by Crippen LogP contribution is -2.16. The SMILES string of the molecule is Cc1ccc(F)cc1CC1(C)CCC(Cl)C1. The molecule has 0 saturated heterocycles. The van der Waals surface area contributed by atoms with E-state index in [9.17, 15) is 4.39 Å². The zero-order valence-corrected chi connectivity index (χ0v) is 10.6. The standard InChI is InChI=1S/C14H18ClF/c1-10-3-4-13(16)7-11(10)8-14(2)6-5-12(15)9-14/h3-4,7,12H,5-6,8-9H2,1-2H3. The monoisotopic (exact) mass is 240 g/mol. The van der Waals surface area contributed by atoms with Gasteiger partial charge in [-0.05, 0) is 61.3 Å². The third-order valence-electron chi connectivity index (χ3n) is 3.70. The first kappa shape index (κ1) is 11.9. The first-order valence-corrected chi connectivity index (χ1v) is 6.31. The molecule has 2 unspecified atom stereocenters. The van der Waals surface area contributed by atoms with Gasteiger partial charge in [0, 0.05) is 5.38 Å². The van der Waals surface area contributed by atoms with E-state index < -0.39 is 0 Å². The first-order valence-electron chi connectivity index (χ1n) is 5.88. The fourth-order valence-corrected chi connectivity index (χ4v) is 3.18. The van der Waals surface area contributed by atoms with Crippen molar-refractivity contribution >= 4 is 11.6 Å². The predicted molar refractivity (Wildman–Crippen MR) is 66.4 cm³/mol. The molecule has 1 aliphatic carbocycles. The van der Waals surface area contributed by atoms with Gasteiger partial charge in [0.2, 0.25) is 0 Å². The van der Waals surface area contributed by atoms with Crippen molar-refractivity contribution in [2.75, 3.05) is 0 Å². The summed E-state index contributed by atoms with van der Waals surface area (Å²) in [6, 6.07) is 5.06. The molecule has 2 rings (SSSR count). The Kier molecular flexibility index (Phi) is 3.25. The molecule has 0 spiro atoms. The highest BCUT2D eigenvalue weighted by Crippen LogP contribution is 2.43. The Labute approximate surface area is 102 Å². The molecule has 0 aromatic heterocycles. The van der Waals surface area contributed by atoms with Gasteiger partial charge in [0.15, 0.2) is 0 Å². The molecule has 0 nitrogen and oxygen atoms in total. The van der Waals surface area contributed by atoms with Crippen LogP contribution < -0.4 is 0 Å². The normalized spacial score (nSPS) is 29.6. The summed E-state index contributed by atoms with van der Waals surface area (Å²) in [4.78, 5) is 0. The van der Waals surface area contributed by atoms with Gasteiger partial charge in [-0.25, -0.2) is 4.39 Å². The molecule has 0 heterocycles. The highest BCUT2D eigenvalue weighted by Gasteiger charge is 2.34. The van der Waals surface area contributed by atoms with Crippen LogP contribution in [0.3, 0.4) is 0 Å². The van der Waals surface area contributed by atoms with Gasteiger partial charge in [0.05, 0.1) is 0 Å². The molecule has 0 amide bonds. The van der Waals surface area contributed by atoms with Crippen LogP contribution >= 0.6 is 11.6 Å². The summed E-state index contributed by atoms with van der Waals surface area (Å²) in [5, 5.41) is 0.305. The van der Waals surface area contributed by atoms with E-state index >= 15 is 0 Å². The molecule has 0 radical (unpaired) electrons. The van der Waals surface area contributed by atoms with Gasteiger partial charge in [-0.3, -0.25) is 0 Å². The second kappa shape index (κ2) is 4.37. The molecule has 0 bridgehead atoms. The van der Waals surface area contributed by atoms with E-state index in [1.54, 1.807) is 6.07 Å². The number of benzene rings is 1. The van der Waals surface area contributed by atoms with E-state index in [1.807, 2.05) is 13.0 Å². The van der Waals surface area contributed by atoms with Gasteiger partial charge in [0.25, 0.3) is 0 Å². The van der Waals surface area contributed by atoms with E-state index in [1.165, 1.54) is 11.6 Å². The van der Waals surface area contributed by atoms with Crippen LogP contribution in [0.5, 0.6) is 0 Å². The smallest absolute Gasteiger partial charge is 0.123 e. The fraction of sp³-hybridized carbons (Fsp3) is 0.571. The van der Waals surface area contributed by atoms with Crippen LogP contribution in [0.2, 0.25) is 0 Å². The molecular weight excluding hydrogens is 223 g/mol. The van der Waals surface area contributed by atoms with Crippen LogP contribution in [0, 0.1) is 18.2 Å². The Bertz CT molecular complexity index is 388. The van der Waals surface area contributed by atoms with E-state index in [2.05, 4.69) is 6.92 Å². The molecule has 1 saturated carbocycles. The summed E-state index contributed by atoms with van der Waals surface area (Å²) in [7, 11) is 0. The average Bonchev–Trinajstić information content (AvgIpc) is 2.52. The Morgan fingerprint density at radius 3 is 2.88 bits per heavy atom. The maximum atomic E-state index is 13.2. The Morgan fingerprint density at radius 1 is 1.50 bits per heavy atom. The van der Waals surface area contributed by atoms with Crippen LogP contribution in [-0.2, 0) is 6.42 Å². The number of hydrogen-bond acceptors (Lipinski definition) is 0. The number of hydrogen-bond donors (Lipinski definition) is 0. The lowest BCUT2D eigenvalue weighted by atomic mass is 9.81. The first-order chi connectivity index (χ1) is 7.48. The zero-order chi connectivity index (χ0) is 11.8. The van der Waals surface area contributed by atoms with Crippen molar-refractivity contribution in [2.24, 2.45) is 5.41 Å². The number of rotatable bonds is 2. The molecule has 1 aliphatic rings. The van der Waals surface area contributed by atoms with E-state index in [-0.39, 0.29) is 11.2 Å². The highest BCUT2D eigenvalue weighted by molar-refractivity contribution is 6.20. The summed E-state index contributed by atoms with van der Waals surface area (Å²) >= 11 is 6.16. The molecule has 16 heavy (non-hydrogen) atoms. The molecule has 0 aliphatic heterocycles. The summed E-state index contributed by atoms with van der Waals surface area (Å²) in [5.41, 5.74) is 2.57. The molecule has 88 valence electrons. The summed E-state index contributed by atoms with van der Waals surface area (Å²) in [6.45, 7) is 4.31. The van der Waals surface area contributed by atoms with E-state index in [0.717, 1.165) is 31.2 Å². The Morgan fingerprint density at radius 2 is 2.25 bits per heavy atom. The third kappa shape index (κ3) is 2.57. The minimum atomic E-state index is -0.135. The average molecular weight is 241 g/mol. The summed E-state index contributed by atoms with van der Waals surface area (Å²) < 4.78 is 13.2. The van der Waals surface area contributed by atoms with E-state index in [0.29, 0.717) is 5.38 Å². The second-order valence-corrected chi connectivity index (χ2v) is 6.02. The minimum Gasteiger partial charge on any atom is -0.207 e. The van der Waals surface area contributed by atoms with Crippen LogP contribution in [0.1, 0.15) is 37.3 Å². The van der Waals surface area contributed by atoms with Crippen molar-refractivity contribution < 1.29 is 4.39 Å². The maximum absolute atomic E-state index is 13.2. The number of aryl methyl sites for hydroxylation is 1. The lowest BCUT2D eigenvalue weighted by molar-refractivity contribution is 0.334. The van der Waals surface area contributed by atoms with Crippen molar-refractivity contribution in [3.05, 3.63) is 35.1 Å². The van der Waals surface area contributed by atoms with Gasteiger partial charge < -0.3 is 0 Å². The minimum absolute atomic E-state index is 0.135. The Hall–Kier alpha value is -0.560. The van der Waals surface area contributed by atoms with Gasteiger partial charge in [0.1, 0.15) is 5.82 Å². The quantitative estimate of drug-likeness (QED) is 0.669. The topological polar surface area (TPSA) is 0 Å². The van der Waals surface area contributed by atoms with Crippen LogP contribution in [-0.4, -0.2) is 5.38 Å². The number of alkyl halides is 1. The molecule has 0 N–H and O–H groups in total. The van der Waals surface area contributed by atoms with Crippen molar-refractivity contribution in [1.82, 2.24) is 0 Å². The van der Waals surface area contributed by atoms with Gasteiger partial charge in [-0.2, -0.15) is 0 Å². The van der Waals surface area contributed by atoms with Gasteiger partial charge >= 0.3 is 0 Å². The van der Waals surface area contributed by atoms with Crippen molar-refractivity contribution in [3.8, 4) is 0 Å². The van der Waals surface area contributed by atoms with Gasteiger partial charge in [-0.1, -0.05) is 13.0 Å². The maximum Gasteiger partial charge on any atom is 0.123 e. The predicted octanol–water partition coefficient (Wildman–Crippen LogP) is 4.47. The molecule has 1 aromatic carbocycles. The lowest BCUT2D eigenvalue weighted by Gasteiger charge is -2.24. The third-order valence-corrected chi connectivity index (χ3v) is 4.08. The molecule has 2 heteroatoms. The van der Waals surface area contributed by atoms with Crippen molar-refractivity contribution in [2.45, 2.75) is 44.9 Å². The van der Waals surface area contributed by atoms with E-state index in [4.69, 9.17) is 11.6 Å². The van der Waals surface area contributed by atoms with Crippen LogP contribution in [0.4, 0.5) is 4.39 Å². The highest BCUT2D eigenvalue weighted by atomic mass is 35.5. The second-order valence-electron chi connectivity index (χ2n) is 5.40. The van der Waals surface area contributed by atoms with Crippen LogP contribution in [0.15, 0.2) is 18.2 Å². The molecule has 1 aromatic rings. The number of halogens is 2. The summed E-state index contributed by atoms with van der Waals surface area (Å²) in [6.07, 6.45) is 4.23. The largest absolute Gasteiger partial charge is 0.207 e. The van der Waals surface area contributed by atoms with Gasteiger partial charge in [-0.15, -0.1) is 11.6 Å². The summed E-state index contributed by atoms with van der Waals surface area (Å²) in [5.74, 6) is -0.135.